The van der Waals surface area contributed by atoms with Crippen LogP contribution in [0.5, 0.6) is 5.75 Å². The first-order valence-corrected chi connectivity index (χ1v) is 22.5. The number of aromatic nitrogens is 1. The number of carbonyl (C=O) groups excluding carboxylic acids is 7. The average molecular weight is 915 g/mol. The third kappa shape index (κ3) is 14.5. The molecule has 0 saturated carbocycles. The second-order valence-corrected chi connectivity index (χ2v) is 17.1. The fourth-order valence-corrected chi connectivity index (χ4v) is 8.33. The fourth-order valence-electron chi connectivity index (χ4n) is 7.25. The largest absolute Gasteiger partial charge is 0.508 e. The number of hydrogen-bond donors (Lipinski definition) is 12. The molecule has 1 saturated heterocycles. The van der Waals surface area contributed by atoms with Gasteiger partial charge in [-0.3, -0.25) is 33.6 Å². The molecule has 348 valence electrons. The minimum Gasteiger partial charge on any atom is -0.508 e. The molecule has 0 radical (unpaired) electrons. The Labute approximate surface area is 380 Å². The predicted molar refractivity (Wildman–Crippen MR) is 245 cm³/mol. The minimum absolute atomic E-state index is 0.0320. The summed E-state index contributed by atoms with van der Waals surface area (Å²) in [6.45, 7) is 1.54. The molecule has 1 aromatic heterocycles. The highest BCUT2D eigenvalue weighted by atomic mass is 32.2. The SMILES string of the molecule is C[C@@H](O)[C@H](NC(=O)[C@@H]1CSC[C@H](NC(=O)[C@H](N)Cc2ccccc2)C(=O)N[C@@H](Cc2ccc(O)cc2)C(=O)N[C@H](Cc2c[nH]c3ccccc23)C(=O)N[C@@H](CCCCN)C(=O)N1)C(N)=O. The van der Waals surface area contributed by atoms with Crippen LogP contribution in [0.15, 0.2) is 85.1 Å². The Morgan fingerprint density at radius 1 is 0.785 bits per heavy atom. The number of nitrogens with one attached hydrogen (secondary N) is 7. The smallest absolute Gasteiger partial charge is 0.244 e. The van der Waals surface area contributed by atoms with Crippen LogP contribution in [0.4, 0.5) is 0 Å². The van der Waals surface area contributed by atoms with Gasteiger partial charge in [0.25, 0.3) is 0 Å². The van der Waals surface area contributed by atoms with Crippen molar-refractivity contribution in [2.24, 2.45) is 17.2 Å². The van der Waals surface area contributed by atoms with Gasteiger partial charge in [0.15, 0.2) is 0 Å². The summed E-state index contributed by atoms with van der Waals surface area (Å²) in [4.78, 5) is 100. The lowest BCUT2D eigenvalue weighted by atomic mass is 10.0. The molecule has 0 aliphatic carbocycles. The molecule has 8 atom stereocenters. The molecule has 1 aliphatic rings. The van der Waals surface area contributed by atoms with Crippen LogP contribution in [0.3, 0.4) is 0 Å². The number of phenolic OH excluding ortho intramolecular Hbond substituents is 1. The van der Waals surface area contributed by atoms with Crippen molar-refractivity contribution in [2.45, 2.75) is 93.8 Å². The number of carbonyl (C=O) groups is 7. The number of aromatic amines is 1. The summed E-state index contributed by atoms with van der Waals surface area (Å²) < 4.78 is 0. The molecule has 1 fully saturated rings. The van der Waals surface area contributed by atoms with Gasteiger partial charge in [0.05, 0.1) is 12.1 Å². The van der Waals surface area contributed by atoms with Gasteiger partial charge in [0.1, 0.15) is 42.0 Å². The van der Waals surface area contributed by atoms with Crippen LogP contribution in [-0.2, 0) is 52.8 Å². The van der Waals surface area contributed by atoms with Crippen LogP contribution >= 0.6 is 11.8 Å². The third-order valence-electron chi connectivity index (χ3n) is 10.9. The van der Waals surface area contributed by atoms with Gasteiger partial charge in [-0.2, -0.15) is 11.8 Å². The van der Waals surface area contributed by atoms with E-state index in [0.29, 0.717) is 30.5 Å². The topological polar surface area (TPSA) is 326 Å². The number of unbranched alkanes of at least 4 members (excludes halogenated alkanes) is 1. The maximum Gasteiger partial charge on any atom is 0.244 e. The zero-order chi connectivity index (χ0) is 47.0. The first-order valence-electron chi connectivity index (χ1n) is 21.3. The van der Waals surface area contributed by atoms with E-state index in [0.717, 1.165) is 28.2 Å². The van der Waals surface area contributed by atoms with E-state index in [9.17, 15) is 43.8 Å². The van der Waals surface area contributed by atoms with E-state index in [-0.39, 0.29) is 42.9 Å². The predicted octanol–water partition coefficient (Wildman–Crippen LogP) is -1.12. The molecule has 20 heteroatoms. The molecule has 0 spiro atoms. The Morgan fingerprint density at radius 3 is 2.09 bits per heavy atom. The van der Waals surface area contributed by atoms with Crippen molar-refractivity contribution in [2.75, 3.05) is 18.1 Å². The van der Waals surface area contributed by atoms with Crippen LogP contribution in [0.1, 0.15) is 42.9 Å². The quantitative estimate of drug-likeness (QED) is 0.0595. The Kier molecular flexibility index (Phi) is 18.3. The van der Waals surface area contributed by atoms with E-state index in [1.165, 1.54) is 19.1 Å². The molecular weight excluding hydrogens is 857 g/mol. The summed E-state index contributed by atoms with van der Waals surface area (Å²) in [6.07, 6.45) is 1.21. The number of aliphatic hydroxyl groups excluding tert-OH is 1. The number of rotatable bonds is 16. The molecule has 0 unspecified atom stereocenters. The number of fused-ring (bicyclic) bond motifs is 1. The third-order valence-corrected chi connectivity index (χ3v) is 12.0. The number of amides is 7. The van der Waals surface area contributed by atoms with Gasteiger partial charge in [-0.15, -0.1) is 0 Å². The number of benzene rings is 3. The summed E-state index contributed by atoms with van der Waals surface area (Å²) in [7, 11) is 0. The Balaban J connectivity index is 1.55. The number of primary amides is 1. The number of H-pyrrole nitrogens is 1. The minimum atomic E-state index is -1.53. The van der Waals surface area contributed by atoms with Crippen molar-refractivity contribution in [3.63, 3.8) is 0 Å². The van der Waals surface area contributed by atoms with Gasteiger partial charge in [0, 0.05) is 41.4 Å². The molecule has 15 N–H and O–H groups in total. The summed E-state index contributed by atoms with van der Waals surface area (Å²) in [5.41, 5.74) is 20.3. The molecule has 4 aromatic rings. The first-order chi connectivity index (χ1) is 31.1. The second-order valence-electron chi connectivity index (χ2n) is 16.0. The normalized spacial score (nSPS) is 21.4. The van der Waals surface area contributed by atoms with Crippen molar-refractivity contribution < 1.29 is 43.8 Å². The summed E-state index contributed by atoms with van der Waals surface area (Å²) in [5, 5.41) is 37.0. The zero-order valence-corrected chi connectivity index (χ0v) is 36.8. The highest BCUT2D eigenvalue weighted by Crippen LogP contribution is 2.20. The van der Waals surface area contributed by atoms with Crippen molar-refractivity contribution in [1.29, 1.82) is 0 Å². The van der Waals surface area contributed by atoms with E-state index < -0.39 is 89.7 Å². The highest BCUT2D eigenvalue weighted by Gasteiger charge is 2.36. The Morgan fingerprint density at radius 2 is 1.42 bits per heavy atom. The molecule has 3 aromatic carbocycles. The molecule has 0 bridgehead atoms. The molecule has 2 heterocycles. The zero-order valence-electron chi connectivity index (χ0n) is 36.0. The fraction of sp³-hybridized carbons (Fsp3) is 0.400. The summed E-state index contributed by atoms with van der Waals surface area (Å²) >= 11 is 0.969. The second kappa shape index (κ2) is 24.0. The van der Waals surface area contributed by atoms with Crippen molar-refractivity contribution in [3.05, 3.63) is 102 Å². The van der Waals surface area contributed by atoms with Gasteiger partial charge in [0.2, 0.25) is 41.4 Å². The molecule has 65 heavy (non-hydrogen) atoms. The van der Waals surface area contributed by atoms with E-state index in [1.54, 1.807) is 42.6 Å². The Hall–Kier alpha value is -6.48. The van der Waals surface area contributed by atoms with Gasteiger partial charge >= 0.3 is 0 Å². The van der Waals surface area contributed by atoms with E-state index in [2.05, 4.69) is 36.9 Å². The van der Waals surface area contributed by atoms with E-state index in [1.807, 2.05) is 30.3 Å². The number of aliphatic hydroxyl groups is 1. The molecule has 5 rings (SSSR count). The van der Waals surface area contributed by atoms with Crippen molar-refractivity contribution in [3.8, 4) is 5.75 Å². The van der Waals surface area contributed by atoms with E-state index >= 15 is 0 Å². The van der Waals surface area contributed by atoms with Gasteiger partial charge in [-0.1, -0.05) is 60.7 Å². The number of aromatic hydroxyl groups is 1. The van der Waals surface area contributed by atoms with Crippen LogP contribution in [-0.4, -0.2) is 123 Å². The average Bonchev–Trinajstić information content (AvgIpc) is 3.69. The maximum absolute atomic E-state index is 14.5. The number of phenols is 1. The molecule has 1 aliphatic heterocycles. The van der Waals surface area contributed by atoms with Crippen molar-refractivity contribution in [1.82, 2.24) is 36.9 Å². The number of nitrogens with two attached hydrogens (primary N) is 3. The van der Waals surface area contributed by atoms with Crippen LogP contribution < -0.4 is 49.1 Å². The highest BCUT2D eigenvalue weighted by molar-refractivity contribution is 7.99. The van der Waals surface area contributed by atoms with Gasteiger partial charge in [-0.25, -0.2) is 0 Å². The standard InChI is InChI=1S/C45H58N10O9S/c1-25(56)38(39(48)58)55-45(64)37-24-65-23-36(53-40(59)31(47)19-26-9-3-2-4-10-26)44(63)51-34(20-27-14-16-29(57)17-15-27)42(61)52-35(21-28-22-49-32-12-6-5-11-30(28)32)43(62)50-33(41(60)54-37)13-7-8-18-46/h2-6,9-12,14-17,22,25,31,33-38,49,56-57H,7-8,13,18-21,23-24,46-47H2,1H3,(H2,48,58)(H,50,62)(H,51,63)(H,52,61)(H,53,59)(H,54,60)(H,55,64)/t25-,31-,33+,34+,35-,36+,37+,38+/m1/s1. The molecular formula is C45H58N10O9S. The first kappa shape index (κ1) is 49.5. The van der Waals surface area contributed by atoms with E-state index in [4.69, 9.17) is 17.2 Å². The molecule has 19 nitrogen and oxygen atoms in total. The summed E-state index contributed by atoms with van der Waals surface area (Å²) in [5.74, 6) is -6.24. The van der Waals surface area contributed by atoms with Crippen LogP contribution in [0.25, 0.3) is 10.9 Å². The van der Waals surface area contributed by atoms with Gasteiger partial charge in [-0.05, 0) is 74.0 Å². The monoisotopic (exact) mass is 914 g/mol. The number of thioether (sulfide) groups is 1. The van der Waals surface area contributed by atoms with Crippen molar-refractivity contribution >= 4 is 64.0 Å². The maximum atomic E-state index is 14.5. The van der Waals surface area contributed by atoms with Gasteiger partial charge < -0.3 is 64.3 Å². The number of para-hydroxylation sites is 1. The summed E-state index contributed by atoms with van der Waals surface area (Å²) in [6, 6.07) is 12.9. The molecule has 7 amide bonds. The Bertz CT molecular complexity index is 2280. The lowest BCUT2D eigenvalue weighted by Gasteiger charge is -2.29. The van der Waals surface area contributed by atoms with Crippen LogP contribution in [0, 0.1) is 0 Å². The lowest BCUT2D eigenvalue weighted by Crippen LogP contribution is -2.62. The lowest BCUT2D eigenvalue weighted by molar-refractivity contribution is -0.135. The van der Waals surface area contributed by atoms with Crippen LogP contribution in [0.2, 0.25) is 0 Å². The number of hydrogen-bond acceptors (Lipinski definition) is 12.